The molecule has 3 aromatic rings. The van der Waals surface area contributed by atoms with Crippen LogP contribution in [-0.2, 0) is 10.0 Å². The number of hydrogen-bond donors (Lipinski definition) is 0. The number of sulfonamides is 1. The smallest absolute Gasteiger partial charge is 0.541 e. The number of rotatable bonds is 4. The third-order valence-electron chi connectivity index (χ3n) is 5.61. The van der Waals surface area contributed by atoms with Gasteiger partial charge in [0.2, 0.25) is 0 Å². The van der Waals surface area contributed by atoms with Crippen LogP contribution in [0, 0.1) is 11.6 Å². The summed E-state index contributed by atoms with van der Waals surface area (Å²) in [6.07, 6.45) is 1.42. The summed E-state index contributed by atoms with van der Waals surface area (Å²) in [5.41, 5.74) is 0.691. The van der Waals surface area contributed by atoms with Gasteiger partial charge in [0.25, 0.3) is 0 Å². The molecule has 0 bridgehead atoms. The molecule has 0 radical (unpaired) electrons. The number of alkyl halides is 1. The number of pyridine rings is 1. The van der Waals surface area contributed by atoms with Crippen molar-refractivity contribution in [2.75, 3.05) is 11.4 Å². The van der Waals surface area contributed by atoms with E-state index in [0.717, 1.165) is 18.2 Å². The van der Waals surface area contributed by atoms with E-state index in [2.05, 4.69) is 9.82 Å². The largest absolute Gasteiger partial charge is 1.00 e. The van der Waals surface area contributed by atoms with Crippen molar-refractivity contribution in [3.05, 3.63) is 70.2 Å². The summed E-state index contributed by atoms with van der Waals surface area (Å²) in [5, 5.41) is 4.06. The first-order valence-corrected chi connectivity index (χ1v) is 11.7. The van der Waals surface area contributed by atoms with E-state index in [1.165, 1.54) is 43.7 Å². The van der Waals surface area contributed by atoms with Crippen molar-refractivity contribution in [1.82, 2.24) is 9.61 Å². The van der Waals surface area contributed by atoms with Crippen LogP contribution in [0.5, 0.6) is 0 Å². The molecule has 34 heavy (non-hydrogen) atoms. The van der Waals surface area contributed by atoms with Gasteiger partial charge in [-0.1, -0.05) is 0 Å². The second kappa shape index (κ2) is 9.52. The zero-order chi connectivity index (χ0) is 24.1. The summed E-state index contributed by atoms with van der Waals surface area (Å²) in [7, 11) is -4.08. The van der Waals surface area contributed by atoms with Crippen molar-refractivity contribution in [2.24, 2.45) is 0 Å². The number of hydrogen-bond acceptors (Lipinski definition) is 5. The summed E-state index contributed by atoms with van der Waals surface area (Å²) in [6.45, 7) is 4.23. The van der Waals surface area contributed by atoms with Crippen molar-refractivity contribution in [2.45, 2.75) is 44.2 Å². The molecule has 2 aromatic heterocycles. The zero-order valence-electron chi connectivity index (χ0n) is 19.2. The molecule has 0 aliphatic carbocycles. The predicted octanol–water partition coefficient (Wildman–Crippen LogP) is 1.55. The summed E-state index contributed by atoms with van der Waals surface area (Å²) in [5.74, 6) is -2.25. The molecule has 7 nitrogen and oxygen atoms in total. The SMILES string of the molecule is CC(C)(C)S(=O)(=O)[N-]C(=O)c1cnn2ccc(N3CC(F)C[C@@H]3c3cc(F)ccc3F)cc12.[Na+]. The molecule has 176 valence electrons. The number of carbonyl (C=O) groups is 1. The van der Waals surface area contributed by atoms with Crippen LogP contribution >= 0.6 is 0 Å². The van der Waals surface area contributed by atoms with Crippen LogP contribution in [0.25, 0.3) is 10.2 Å². The number of carbonyl (C=O) groups excluding carboxylic acids is 1. The molecule has 2 atom stereocenters. The molecule has 1 fully saturated rings. The fourth-order valence-corrected chi connectivity index (χ4v) is 4.33. The Hall–Kier alpha value is -2.08. The van der Waals surface area contributed by atoms with Crippen LogP contribution in [0.1, 0.15) is 49.2 Å². The van der Waals surface area contributed by atoms with Crippen LogP contribution in [0.15, 0.2) is 42.7 Å². The number of fused-ring (bicyclic) bond motifs is 1. The third kappa shape index (κ3) is 4.98. The Morgan fingerprint density at radius 2 is 1.88 bits per heavy atom. The molecule has 12 heteroatoms. The van der Waals surface area contributed by atoms with Gasteiger partial charge in [0.1, 0.15) is 27.8 Å². The van der Waals surface area contributed by atoms with Gasteiger partial charge in [-0.05, 0) is 51.1 Å². The van der Waals surface area contributed by atoms with Crippen molar-refractivity contribution >= 4 is 27.1 Å². The zero-order valence-corrected chi connectivity index (χ0v) is 22.0. The molecule has 0 spiro atoms. The summed E-state index contributed by atoms with van der Waals surface area (Å²) < 4.78 is 70.7. The first-order chi connectivity index (χ1) is 15.4. The Morgan fingerprint density at radius 1 is 1.18 bits per heavy atom. The van der Waals surface area contributed by atoms with Gasteiger partial charge in [0.05, 0.1) is 28.4 Å². The quantitative estimate of drug-likeness (QED) is 0.506. The van der Waals surface area contributed by atoms with Gasteiger partial charge in [-0.25, -0.2) is 26.1 Å². The fourth-order valence-electron chi connectivity index (χ4n) is 3.74. The summed E-state index contributed by atoms with van der Waals surface area (Å²) in [6, 6.07) is 5.43. The minimum atomic E-state index is -4.08. The van der Waals surface area contributed by atoms with Crippen LogP contribution in [0.2, 0.25) is 0 Å². The molecule has 1 unspecified atom stereocenters. The first-order valence-electron chi connectivity index (χ1n) is 10.2. The van der Waals surface area contributed by atoms with E-state index in [-0.39, 0.29) is 59.2 Å². The molecule has 1 saturated heterocycles. The molecule has 0 saturated carbocycles. The number of halogens is 3. The van der Waals surface area contributed by atoms with Crippen molar-refractivity contribution in [3.8, 4) is 0 Å². The van der Waals surface area contributed by atoms with E-state index in [1.54, 1.807) is 11.0 Å². The summed E-state index contributed by atoms with van der Waals surface area (Å²) in [4.78, 5) is 14.3. The third-order valence-corrected chi connectivity index (χ3v) is 7.57. The number of nitrogens with zero attached hydrogens (tertiary/aromatic N) is 4. The second-order valence-corrected chi connectivity index (χ2v) is 11.3. The maximum absolute atomic E-state index is 14.4. The topological polar surface area (TPSA) is 85.8 Å². The standard InChI is InChI=1S/C22H23F3N4O3S.Na/c1-22(2,3)33(31,32)27-21(30)17-11-26-29-7-6-15(10-20(17)29)28-12-14(24)9-19(28)16-8-13(23)4-5-18(16)25;/h4-8,10-11,14,19H,9,12H2,1-3H3,(H,27,30);/q;+1/p-1/t14?,19-;/m1./s1. The molecular weight excluding hydrogens is 480 g/mol. The van der Waals surface area contributed by atoms with E-state index >= 15 is 0 Å². The molecule has 0 N–H and O–H groups in total. The average molecular weight is 502 g/mol. The maximum Gasteiger partial charge on any atom is 1.00 e. The Bertz CT molecular complexity index is 1340. The molecule has 1 amide bonds. The first kappa shape index (κ1) is 26.5. The summed E-state index contributed by atoms with van der Waals surface area (Å²) >= 11 is 0. The van der Waals surface area contributed by atoms with Crippen molar-refractivity contribution < 1.29 is 55.9 Å². The number of benzene rings is 1. The fraction of sp³-hybridized carbons (Fsp3) is 0.364. The van der Waals surface area contributed by atoms with Gasteiger partial charge >= 0.3 is 29.6 Å². The van der Waals surface area contributed by atoms with Crippen LogP contribution in [-0.4, -0.2) is 41.4 Å². The Balaban J connectivity index is 0.00000324. The minimum Gasteiger partial charge on any atom is -0.541 e. The predicted molar refractivity (Wildman–Crippen MR) is 118 cm³/mol. The van der Waals surface area contributed by atoms with Crippen molar-refractivity contribution in [3.63, 3.8) is 0 Å². The van der Waals surface area contributed by atoms with Gasteiger partial charge in [0, 0.05) is 36.0 Å². The Morgan fingerprint density at radius 3 is 2.56 bits per heavy atom. The molecule has 4 rings (SSSR count). The van der Waals surface area contributed by atoms with Crippen LogP contribution < -0.4 is 34.5 Å². The van der Waals surface area contributed by atoms with Gasteiger partial charge in [0.15, 0.2) is 0 Å². The number of aromatic nitrogens is 2. The molecule has 1 aliphatic rings. The van der Waals surface area contributed by atoms with E-state index in [9.17, 15) is 26.4 Å². The maximum atomic E-state index is 14.4. The van der Waals surface area contributed by atoms with E-state index in [1.807, 2.05) is 0 Å². The van der Waals surface area contributed by atoms with E-state index in [4.69, 9.17) is 0 Å². The molecule has 1 aliphatic heterocycles. The average Bonchev–Trinajstić information content (AvgIpc) is 3.31. The normalized spacial score (nSPS) is 18.7. The Kier molecular flexibility index (Phi) is 7.43. The second-order valence-electron chi connectivity index (χ2n) is 8.92. The number of amides is 1. The van der Waals surface area contributed by atoms with Gasteiger partial charge in [-0.3, -0.25) is 0 Å². The van der Waals surface area contributed by atoms with Crippen LogP contribution in [0.4, 0.5) is 18.9 Å². The molecule has 1 aromatic carbocycles. The molecular formula is C22H22F3N4NaO3S. The van der Waals surface area contributed by atoms with Gasteiger partial charge < -0.3 is 14.4 Å². The van der Waals surface area contributed by atoms with Crippen molar-refractivity contribution in [1.29, 1.82) is 0 Å². The van der Waals surface area contributed by atoms with Gasteiger partial charge in [-0.2, -0.15) is 5.10 Å². The monoisotopic (exact) mass is 502 g/mol. The minimum absolute atomic E-state index is 0. The van der Waals surface area contributed by atoms with E-state index < -0.39 is 44.5 Å². The number of anilines is 1. The Labute approximate surface area is 217 Å². The van der Waals surface area contributed by atoms with Gasteiger partial charge in [-0.15, -0.1) is 0 Å². The van der Waals surface area contributed by atoms with Crippen LogP contribution in [0.3, 0.4) is 0 Å². The molecule has 3 heterocycles. The van der Waals surface area contributed by atoms with E-state index in [0.29, 0.717) is 5.69 Å².